The summed E-state index contributed by atoms with van der Waals surface area (Å²) in [4.78, 5) is 20.6. The lowest BCUT2D eigenvalue weighted by Gasteiger charge is -2.25. The van der Waals surface area contributed by atoms with E-state index in [0.29, 0.717) is 6.54 Å². The van der Waals surface area contributed by atoms with Crippen molar-refractivity contribution >= 4 is 27.5 Å². The molecular formula is C21H26N3OS+. The molecule has 4 nitrogen and oxygen atoms in total. The second kappa shape index (κ2) is 8.43. The Morgan fingerprint density at radius 3 is 2.54 bits per heavy atom. The van der Waals surface area contributed by atoms with Gasteiger partial charge in [0.1, 0.15) is 11.6 Å². The molecule has 1 N–H and O–H groups in total. The molecule has 0 spiro atoms. The Morgan fingerprint density at radius 1 is 1.15 bits per heavy atom. The standard InChI is InChI=1S/C21H25N3OS/c1-4-24(14-17-10-6-5-7-11-17)15-20(25)23(3)16(2)21-22-18-12-8-9-13-19(18)26-21/h5-13,16H,4,14-15H2,1-3H3/p+1/t16-/m1/s1. The van der Waals surface area contributed by atoms with Crippen molar-refractivity contribution in [3.05, 3.63) is 65.2 Å². The summed E-state index contributed by atoms with van der Waals surface area (Å²) in [6.07, 6.45) is 0. The van der Waals surface area contributed by atoms with Crippen LogP contribution in [0.2, 0.25) is 0 Å². The summed E-state index contributed by atoms with van der Waals surface area (Å²) in [5.41, 5.74) is 2.27. The predicted octanol–water partition coefficient (Wildman–Crippen LogP) is 2.92. The van der Waals surface area contributed by atoms with Crippen LogP contribution in [0.25, 0.3) is 10.2 Å². The number of thiazole rings is 1. The molecule has 0 saturated heterocycles. The van der Waals surface area contributed by atoms with Gasteiger partial charge in [-0.05, 0) is 26.0 Å². The zero-order valence-electron chi connectivity index (χ0n) is 15.6. The highest BCUT2D eigenvalue weighted by molar-refractivity contribution is 7.18. The van der Waals surface area contributed by atoms with Crippen molar-refractivity contribution in [2.75, 3.05) is 20.1 Å². The number of nitrogens with one attached hydrogen (secondary N) is 1. The Morgan fingerprint density at radius 2 is 1.85 bits per heavy atom. The molecule has 2 atom stereocenters. The van der Waals surface area contributed by atoms with E-state index in [1.54, 1.807) is 11.3 Å². The first-order valence-electron chi connectivity index (χ1n) is 9.07. The van der Waals surface area contributed by atoms with E-state index >= 15 is 0 Å². The molecule has 3 aromatic rings. The van der Waals surface area contributed by atoms with Crippen molar-refractivity contribution in [2.45, 2.75) is 26.4 Å². The number of fused-ring (bicyclic) bond motifs is 1. The average Bonchev–Trinajstić information content (AvgIpc) is 3.11. The number of carbonyl (C=O) groups is 1. The van der Waals surface area contributed by atoms with Crippen LogP contribution in [0, 0.1) is 0 Å². The highest BCUT2D eigenvalue weighted by atomic mass is 32.1. The fourth-order valence-electron chi connectivity index (χ4n) is 2.99. The Hall–Kier alpha value is -2.24. The summed E-state index contributed by atoms with van der Waals surface area (Å²) in [6, 6.07) is 18.5. The van der Waals surface area contributed by atoms with Crippen molar-refractivity contribution < 1.29 is 9.69 Å². The Kier molecular flexibility index (Phi) is 6.01. The van der Waals surface area contributed by atoms with Crippen molar-refractivity contribution in [3.63, 3.8) is 0 Å². The second-order valence-electron chi connectivity index (χ2n) is 6.64. The van der Waals surface area contributed by atoms with Gasteiger partial charge in [-0.1, -0.05) is 42.5 Å². The number of para-hydroxylation sites is 1. The predicted molar refractivity (Wildman–Crippen MR) is 107 cm³/mol. The second-order valence-corrected chi connectivity index (χ2v) is 7.71. The van der Waals surface area contributed by atoms with Gasteiger partial charge in [0.05, 0.1) is 22.8 Å². The first-order valence-corrected chi connectivity index (χ1v) is 9.88. The van der Waals surface area contributed by atoms with Crippen LogP contribution < -0.4 is 4.90 Å². The van der Waals surface area contributed by atoms with Crippen LogP contribution >= 0.6 is 11.3 Å². The quantitative estimate of drug-likeness (QED) is 0.696. The fraction of sp³-hybridized carbons (Fsp3) is 0.333. The number of carbonyl (C=O) groups excluding carboxylic acids is 1. The molecule has 1 unspecified atom stereocenters. The molecule has 136 valence electrons. The molecule has 5 heteroatoms. The number of quaternary nitrogens is 1. The summed E-state index contributed by atoms with van der Waals surface area (Å²) in [7, 11) is 1.88. The molecule has 0 fully saturated rings. The number of nitrogens with zero attached hydrogens (tertiary/aromatic N) is 2. The van der Waals surface area contributed by atoms with Crippen LogP contribution in [0.15, 0.2) is 54.6 Å². The number of likely N-dealkylation sites (N-methyl/N-ethyl adjacent to an activating group) is 2. The van der Waals surface area contributed by atoms with Gasteiger partial charge in [-0.3, -0.25) is 4.79 Å². The van der Waals surface area contributed by atoms with Gasteiger partial charge < -0.3 is 9.80 Å². The molecule has 2 aromatic carbocycles. The van der Waals surface area contributed by atoms with Crippen LogP contribution in [-0.2, 0) is 11.3 Å². The van der Waals surface area contributed by atoms with E-state index in [1.807, 2.05) is 48.3 Å². The van der Waals surface area contributed by atoms with E-state index in [2.05, 4.69) is 32.0 Å². The van der Waals surface area contributed by atoms with Gasteiger partial charge in [0, 0.05) is 12.6 Å². The lowest BCUT2D eigenvalue weighted by molar-refractivity contribution is -0.904. The van der Waals surface area contributed by atoms with E-state index < -0.39 is 0 Å². The van der Waals surface area contributed by atoms with Crippen LogP contribution in [0.5, 0.6) is 0 Å². The maximum absolute atomic E-state index is 12.8. The van der Waals surface area contributed by atoms with Gasteiger partial charge >= 0.3 is 0 Å². The smallest absolute Gasteiger partial charge is 0.278 e. The lowest BCUT2D eigenvalue weighted by Crippen LogP contribution is -3.11. The van der Waals surface area contributed by atoms with Gasteiger partial charge in [-0.25, -0.2) is 4.98 Å². The van der Waals surface area contributed by atoms with Crippen LogP contribution in [0.3, 0.4) is 0 Å². The topological polar surface area (TPSA) is 37.6 Å². The van der Waals surface area contributed by atoms with E-state index in [1.165, 1.54) is 15.2 Å². The number of rotatable bonds is 7. The number of amides is 1. The number of hydrogen-bond acceptors (Lipinski definition) is 3. The third kappa shape index (κ3) is 4.29. The summed E-state index contributed by atoms with van der Waals surface area (Å²) in [5.74, 6) is 0.157. The fourth-order valence-corrected chi connectivity index (χ4v) is 4.05. The van der Waals surface area contributed by atoms with Crippen molar-refractivity contribution in [1.29, 1.82) is 0 Å². The highest BCUT2D eigenvalue weighted by Crippen LogP contribution is 2.28. The Labute approximate surface area is 159 Å². The number of benzene rings is 2. The molecule has 0 bridgehead atoms. The summed E-state index contributed by atoms with van der Waals surface area (Å²) < 4.78 is 1.17. The third-order valence-corrected chi connectivity index (χ3v) is 6.05. The van der Waals surface area contributed by atoms with Crippen molar-refractivity contribution in [3.8, 4) is 0 Å². The molecule has 0 radical (unpaired) electrons. The van der Waals surface area contributed by atoms with Crippen LogP contribution in [0.1, 0.15) is 30.5 Å². The molecule has 3 rings (SSSR count). The average molecular weight is 369 g/mol. The third-order valence-electron chi connectivity index (χ3n) is 4.84. The largest absolute Gasteiger partial charge is 0.332 e. The van der Waals surface area contributed by atoms with Gasteiger partial charge in [0.15, 0.2) is 6.54 Å². The minimum atomic E-state index is -0.0188. The molecule has 0 saturated carbocycles. The monoisotopic (exact) mass is 368 g/mol. The molecule has 1 aromatic heterocycles. The molecule has 0 aliphatic carbocycles. The van der Waals surface area contributed by atoms with Crippen molar-refractivity contribution in [1.82, 2.24) is 9.88 Å². The molecule has 0 aliphatic rings. The molecular weight excluding hydrogens is 342 g/mol. The maximum atomic E-state index is 12.8. The van der Waals surface area contributed by atoms with Crippen LogP contribution in [-0.4, -0.2) is 35.9 Å². The summed E-state index contributed by atoms with van der Waals surface area (Å²) >= 11 is 1.67. The normalized spacial score (nSPS) is 13.5. The van der Waals surface area contributed by atoms with E-state index in [0.717, 1.165) is 23.6 Å². The van der Waals surface area contributed by atoms with Gasteiger partial charge in [-0.15, -0.1) is 11.3 Å². The summed E-state index contributed by atoms with van der Waals surface area (Å²) in [5, 5.41) is 0.989. The van der Waals surface area contributed by atoms with E-state index in [-0.39, 0.29) is 11.9 Å². The molecule has 26 heavy (non-hydrogen) atoms. The zero-order valence-corrected chi connectivity index (χ0v) is 16.4. The molecule has 1 amide bonds. The van der Waals surface area contributed by atoms with Gasteiger partial charge in [0.25, 0.3) is 5.91 Å². The van der Waals surface area contributed by atoms with E-state index in [4.69, 9.17) is 4.98 Å². The van der Waals surface area contributed by atoms with Gasteiger partial charge in [0.2, 0.25) is 0 Å². The minimum Gasteiger partial charge on any atom is -0.332 e. The maximum Gasteiger partial charge on any atom is 0.278 e. The SMILES string of the molecule is CC[NH+](CC(=O)N(C)[C@H](C)c1nc2ccccc2s1)Cc1ccccc1. The molecule has 0 aliphatic heterocycles. The minimum absolute atomic E-state index is 0.0188. The Balaban J connectivity index is 1.65. The lowest BCUT2D eigenvalue weighted by atomic mass is 10.2. The Bertz CT molecular complexity index is 829. The highest BCUT2D eigenvalue weighted by Gasteiger charge is 2.23. The van der Waals surface area contributed by atoms with Gasteiger partial charge in [-0.2, -0.15) is 0 Å². The van der Waals surface area contributed by atoms with Crippen molar-refractivity contribution in [2.24, 2.45) is 0 Å². The zero-order chi connectivity index (χ0) is 18.5. The van der Waals surface area contributed by atoms with E-state index in [9.17, 15) is 4.79 Å². The first kappa shape index (κ1) is 18.5. The summed E-state index contributed by atoms with van der Waals surface area (Å²) in [6.45, 7) is 6.47. The first-order chi connectivity index (χ1) is 12.6. The van der Waals surface area contributed by atoms with Crippen LogP contribution in [0.4, 0.5) is 0 Å². The number of aromatic nitrogens is 1. The molecule has 1 heterocycles. The number of hydrogen-bond donors (Lipinski definition) is 1.